The average Bonchev–Trinajstić information content (AvgIpc) is 3.03. The largest absolute Gasteiger partial charge is 0.465 e. The van der Waals surface area contributed by atoms with Gasteiger partial charge in [0.2, 0.25) is 15.9 Å². The molecule has 3 aromatic carbocycles. The van der Waals surface area contributed by atoms with Crippen molar-refractivity contribution in [2.45, 2.75) is 76.7 Å². The molecular formula is C35H46N4O7S. The van der Waals surface area contributed by atoms with Gasteiger partial charge in [-0.2, -0.15) is 9.21 Å². The number of sulfonamides is 1. The van der Waals surface area contributed by atoms with E-state index in [0.717, 1.165) is 16.0 Å². The van der Waals surface area contributed by atoms with Gasteiger partial charge in [-0.3, -0.25) is 9.69 Å². The molecule has 3 rings (SSSR count). The fraction of sp³-hybridized carbons (Fsp3) is 0.429. The molecule has 0 aliphatic heterocycles. The Hall–Kier alpha value is -4.13. The highest BCUT2D eigenvalue weighted by atomic mass is 32.2. The number of rotatable bonds is 18. The molecule has 3 atom stereocenters. The van der Waals surface area contributed by atoms with Crippen LogP contribution in [0, 0.1) is 16.7 Å². The first-order valence-corrected chi connectivity index (χ1v) is 17.2. The summed E-state index contributed by atoms with van der Waals surface area (Å²) in [7, 11) is -4.08. The number of nitrogens with zero attached hydrogens (tertiary/aromatic N) is 3. The standard InChI is InChI=1S/C35H46N4O7S/c1-25(2)19-32(39(35(42)43)23-29-13-9-6-10-14-29)34(41)37-31(20-27-11-7-5-8-12-27)33(40)24-38(22-26(3)4)47(45,46)30-17-15-28(16-18-30)21-36-44/h5-18,25-26,31-33,40H,19-24H2,1-4H3,(H,37,41)(H,42,43)/t31-,32-,33+/m0/s1. The van der Waals surface area contributed by atoms with Crippen LogP contribution in [0.1, 0.15) is 50.8 Å². The number of hydrogen-bond donors (Lipinski definition) is 3. The molecule has 0 saturated carbocycles. The van der Waals surface area contributed by atoms with Crippen LogP contribution < -0.4 is 5.32 Å². The summed E-state index contributed by atoms with van der Waals surface area (Å²) in [5.41, 5.74) is 2.09. The van der Waals surface area contributed by atoms with Crippen molar-refractivity contribution in [1.82, 2.24) is 14.5 Å². The number of carbonyl (C=O) groups excluding carboxylic acids is 1. The van der Waals surface area contributed by atoms with Crippen molar-refractivity contribution in [3.63, 3.8) is 0 Å². The quantitative estimate of drug-likeness (QED) is 0.156. The van der Waals surface area contributed by atoms with Gasteiger partial charge in [0.1, 0.15) is 12.6 Å². The Balaban J connectivity index is 1.94. The van der Waals surface area contributed by atoms with Gasteiger partial charge in [0.05, 0.1) is 17.0 Å². The molecule has 0 unspecified atom stereocenters. The molecule has 3 N–H and O–H groups in total. The van der Waals surface area contributed by atoms with Crippen LogP contribution in [0.5, 0.6) is 0 Å². The second-order valence-corrected chi connectivity index (χ2v) is 14.5. The summed E-state index contributed by atoms with van der Waals surface area (Å²) < 4.78 is 28.8. The molecule has 0 heterocycles. The van der Waals surface area contributed by atoms with Crippen LogP contribution in [-0.4, -0.2) is 71.1 Å². The number of nitrogens with one attached hydrogen (secondary N) is 1. The second-order valence-electron chi connectivity index (χ2n) is 12.6. The zero-order valence-electron chi connectivity index (χ0n) is 27.4. The molecule has 0 aliphatic rings. The van der Waals surface area contributed by atoms with Gasteiger partial charge in [-0.25, -0.2) is 13.2 Å². The number of nitroso groups, excluding NO2 is 1. The topological polar surface area (TPSA) is 157 Å². The zero-order valence-corrected chi connectivity index (χ0v) is 28.2. The molecule has 2 amide bonds. The predicted molar refractivity (Wildman–Crippen MR) is 181 cm³/mol. The molecule has 0 aromatic heterocycles. The van der Waals surface area contributed by atoms with Crippen molar-refractivity contribution >= 4 is 22.0 Å². The summed E-state index contributed by atoms with van der Waals surface area (Å²) in [5, 5.41) is 27.6. The first-order valence-electron chi connectivity index (χ1n) is 15.8. The van der Waals surface area contributed by atoms with Gasteiger partial charge in [0.25, 0.3) is 0 Å². The maximum absolute atomic E-state index is 14.0. The molecule has 47 heavy (non-hydrogen) atoms. The molecule has 0 fully saturated rings. The SMILES string of the molecule is CC(C)C[C@@H](C(=O)N[C@@H](Cc1ccccc1)[C@H](O)CN(CC(C)C)S(=O)(=O)c1ccc(CN=O)cc1)N(Cc1ccccc1)C(=O)O. The molecule has 3 aromatic rings. The summed E-state index contributed by atoms with van der Waals surface area (Å²) in [4.78, 5) is 38.3. The third-order valence-electron chi connectivity index (χ3n) is 7.67. The van der Waals surface area contributed by atoms with Crippen LogP contribution in [0.3, 0.4) is 0 Å². The Kier molecular flexibility index (Phi) is 14.1. The zero-order chi connectivity index (χ0) is 34.6. The summed E-state index contributed by atoms with van der Waals surface area (Å²) in [6.45, 7) is 7.21. The van der Waals surface area contributed by atoms with Crippen molar-refractivity contribution in [3.8, 4) is 0 Å². The third kappa shape index (κ3) is 11.3. The molecule has 0 bridgehead atoms. The number of carboxylic acid groups (broad SMARTS) is 1. The van der Waals surface area contributed by atoms with Gasteiger partial charge in [-0.15, -0.1) is 0 Å². The molecule has 12 heteroatoms. The van der Waals surface area contributed by atoms with Crippen LogP contribution in [0.4, 0.5) is 4.79 Å². The van der Waals surface area contributed by atoms with Gasteiger partial charge in [-0.05, 0) is 53.5 Å². The lowest BCUT2D eigenvalue weighted by Crippen LogP contribution is -2.56. The molecule has 0 aliphatic carbocycles. The predicted octanol–water partition coefficient (Wildman–Crippen LogP) is 5.28. The maximum Gasteiger partial charge on any atom is 0.408 e. The highest BCUT2D eigenvalue weighted by molar-refractivity contribution is 7.89. The summed E-state index contributed by atoms with van der Waals surface area (Å²) in [6.07, 6.45) is -2.18. The molecule has 11 nitrogen and oxygen atoms in total. The summed E-state index contributed by atoms with van der Waals surface area (Å²) >= 11 is 0. The fourth-order valence-corrected chi connectivity index (χ4v) is 6.97. The number of carbonyl (C=O) groups is 2. The van der Waals surface area contributed by atoms with Gasteiger partial charge in [0.15, 0.2) is 0 Å². The van der Waals surface area contributed by atoms with E-state index >= 15 is 0 Å². The van der Waals surface area contributed by atoms with Crippen LogP contribution in [0.15, 0.2) is 95.0 Å². The van der Waals surface area contributed by atoms with Crippen LogP contribution in [0.2, 0.25) is 0 Å². The number of benzene rings is 3. The molecule has 0 saturated heterocycles. The highest BCUT2D eigenvalue weighted by Crippen LogP contribution is 2.21. The van der Waals surface area contributed by atoms with Gasteiger partial charge < -0.3 is 15.5 Å². The fourth-order valence-electron chi connectivity index (χ4n) is 5.35. The molecular weight excluding hydrogens is 620 g/mol. The number of hydrogen-bond acceptors (Lipinski definition) is 7. The Morgan fingerprint density at radius 2 is 1.38 bits per heavy atom. The Morgan fingerprint density at radius 3 is 1.89 bits per heavy atom. The minimum Gasteiger partial charge on any atom is -0.465 e. The van der Waals surface area contributed by atoms with E-state index in [2.05, 4.69) is 10.5 Å². The van der Waals surface area contributed by atoms with E-state index in [0.29, 0.717) is 5.56 Å². The first-order chi connectivity index (χ1) is 22.3. The highest BCUT2D eigenvalue weighted by Gasteiger charge is 2.35. The monoisotopic (exact) mass is 666 g/mol. The van der Waals surface area contributed by atoms with E-state index in [1.54, 1.807) is 24.3 Å². The van der Waals surface area contributed by atoms with Crippen LogP contribution >= 0.6 is 0 Å². The van der Waals surface area contributed by atoms with E-state index in [1.165, 1.54) is 28.6 Å². The normalized spacial score (nSPS) is 13.7. The molecule has 254 valence electrons. The van der Waals surface area contributed by atoms with E-state index in [-0.39, 0.29) is 55.8 Å². The van der Waals surface area contributed by atoms with Gasteiger partial charge >= 0.3 is 6.09 Å². The minimum absolute atomic E-state index is 0.00125. The van der Waals surface area contributed by atoms with Crippen molar-refractivity contribution in [2.75, 3.05) is 13.1 Å². The van der Waals surface area contributed by atoms with Crippen molar-refractivity contribution < 1.29 is 28.2 Å². The maximum atomic E-state index is 14.0. The van der Waals surface area contributed by atoms with E-state index in [1.807, 2.05) is 64.1 Å². The van der Waals surface area contributed by atoms with Crippen molar-refractivity contribution in [2.24, 2.45) is 17.0 Å². The number of aliphatic hydroxyl groups is 1. The second kappa shape index (κ2) is 17.7. The van der Waals surface area contributed by atoms with Crippen LogP contribution in [0.25, 0.3) is 0 Å². The minimum atomic E-state index is -4.08. The Bertz CT molecular complexity index is 1540. The lowest BCUT2D eigenvalue weighted by Gasteiger charge is -2.34. The molecule has 0 radical (unpaired) electrons. The lowest BCUT2D eigenvalue weighted by atomic mass is 9.97. The number of aliphatic hydroxyl groups excluding tert-OH is 1. The number of amides is 2. The smallest absolute Gasteiger partial charge is 0.408 e. The Morgan fingerprint density at radius 1 is 0.809 bits per heavy atom. The Labute approximate surface area is 277 Å². The summed E-state index contributed by atoms with van der Waals surface area (Å²) in [5.74, 6) is -0.689. The van der Waals surface area contributed by atoms with Gasteiger partial charge in [-0.1, -0.05) is 106 Å². The lowest BCUT2D eigenvalue weighted by molar-refractivity contribution is -0.128. The first kappa shape index (κ1) is 37.3. The molecule has 0 spiro atoms. The van der Waals surface area contributed by atoms with E-state index in [4.69, 9.17) is 0 Å². The van der Waals surface area contributed by atoms with Crippen molar-refractivity contribution in [3.05, 3.63) is 107 Å². The summed E-state index contributed by atoms with van der Waals surface area (Å²) in [6, 6.07) is 22.0. The van der Waals surface area contributed by atoms with Gasteiger partial charge in [0, 0.05) is 19.6 Å². The van der Waals surface area contributed by atoms with E-state index < -0.39 is 40.2 Å². The third-order valence-corrected chi connectivity index (χ3v) is 9.52. The van der Waals surface area contributed by atoms with Crippen molar-refractivity contribution in [1.29, 1.82) is 0 Å². The average molecular weight is 667 g/mol. The van der Waals surface area contributed by atoms with Crippen LogP contribution in [-0.2, 0) is 34.3 Å². The van der Waals surface area contributed by atoms with E-state index in [9.17, 15) is 33.1 Å².